The van der Waals surface area contributed by atoms with E-state index in [0.717, 1.165) is 0 Å². The van der Waals surface area contributed by atoms with Crippen molar-refractivity contribution in [3.05, 3.63) is 24.3 Å². The van der Waals surface area contributed by atoms with Crippen LogP contribution in [0.15, 0.2) is 18.6 Å². The Labute approximate surface area is 63.1 Å². The van der Waals surface area contributed by atoms with Crippen LogP contribution in [-0.2, 0) is 6.54 Å². The van der Waals surface area contributed by atoms with Crippen molar-refractivity contribution in [1.29, 1.82) is 0 Å². The summed E-state index contributed by atoms with van der Waals surface area (Å²) in [7, 11) is 0. The molecule has 0 atom stereocenters. The van der Waals surface area contributed by atoms with E-state index in [1.165, 1.54) is 18.6 Å². The van der Waals surface area contributed by atoms with Crippen LogP contribution >= 0.6 is 0 Å². The molecule has 0 aliphatic heterocycles. The second-order valence-electron chi connectivity index (χ2n) is 1.86. The summed E-state index contributed by atoms with van der Waals surface area (Å²) >= 11 is 0. The van der Waals surface area contributed by atoms with Crippen molar-refractivity contribution in [2.24, 2.45) is 0 Å². The highest BCUT2D eigenvalue weighted by atomic mass is 16.4. The molecule has 0 aromatic carbocycles. The maximum Gasteiger partial charge on any atom is 0.404 e. The summed E-state index contributed by atoms with van der Waals surface area (Å²) in [5, 5.41) is 10.4. The second-order valence-corrected chi connectivity index (χ2v) is 1.86. The predicted molar refractivity (Wildman–Crippen MR) is 36.9 cm³/mol. The molecule has 0 radical (unpaired) electrons. The maximum atomic E-state index is 10.0. The molecule has 0 unspecified atom stereocenters. The Morgan fingerprint density at radius 3 is 3.00 bits per heavy atom. The number of carbonyl (C=O) groups is 1. The highest BCUT2D eigenvalue weighted by molar-refractivity contribution is 5.64. The predicted octanol–water partition coefficient (Wildman–Crippen LogP) is 0.244. The van der Waals surface area contributed by atoms with Gasteiger partial charge in [0.05, 0.1) is 18.4 Å². The Balaban J connectivity index is 2.45. The number of aromatic nitrogens is 2. The van der Waals surface area contributed by atoms with Crippen molar-refractivity contribution in [3.63, 3.8) is 0 Å². The Morgan fingerprint density at radius 2 is 2.45 bits per heavy atom. The third-order valence-corrected chi connectivity index (χ3v) is 1.04. The average molecular weight is 153 g/mol. The van der Waals surface area contributed by atoms with Gasteiger partial charge >= 0.3 is 6.09 Å². The highest BCUT2D eigenvalue weighted by Crippen LogP contribution is 1.87. The van der Waals surface area contributed by atoms with Crippen molar-refractivity contribution in [1.82, 2.24) is 15.3 Å². The summed E-state index contributed by atoms with van der Waals surface area (Å²) in [5.41, 5.74) is 0.606. The summed E-state index contributed by atoms with van der Waals surface area (Å²) in [6.45, 7) is 0.198. The molecule has 0 aliphatic rings. The lowest BCUT2D eigenvalue weighted by atomic mass is 10.4. The zero-order valence-corrected chi connectivity index (χ0v) is 5.69. The molecule has 0 spiro atoms. The fourth-order valence-electron chi connectivity index (χ4n) is 0.587. The van der Waals surface area contributed by atoms with Crippen LogP contribution in [0.1, 0.15) is 5.69 Å². The van der Waals surface area contributed by atoms with E-state index >= 15 is 0 Å². The molecule has 1 heterocycles. The van der Waals surface area contributed by atoms with Gasteiger partial charge in [0.1, 0.15) is 0 Å². The van der Waals surface area contributed by atoms with E-state index in [1.54, 1.807) is 0 Å². The van der Waals surface area contributed by atoms with Gasteiger partial charge in [0.2, 0.25) is 0 Å². The fourth-order valence-corrected chi connectivity index (χ4v) is 0.587. The number of nitrogens with zero attached hydrogens (tertiary/aromatic N) is 2. The molecule has 1 amide bonds. The van der Waals surface area contributed by atoms with E-state index in [0.29, 0.717) is 5.69 Å². The van der Waals surface area contributed by atoms with Gasteiger partial charge in [-0.1, -0.05) is 0 Å². The van der Waals surface area contributed by atoms with Gasteiger partial charge in [0.25, 0.3) is 0 Å². The first-order valence-corrected chi connectivity index (χ1v) is 3.01. The monoisotopic (exact) mass is 153 g/mol. The van der Waals surface area contributed by atoms with Gasteiger partial charge in [0.15, 0.2) is 0 Å². The Hall–Kier alpha value is -1.65. The van der Waals surface area contributed by atoms with Crippen LogP contribution in [0.3, 0.4) is 0 Å². The maximum absolute atomic E-state index is 10.0. The summed E-state index contributed by atoms with van der Waals surface area (Å²) in [6, 6.07) is 0. The Morgan fingerprint density at radius 1 is 1.64 bits per heavy atom. The van der Waals surface area contributed by atoms with Gasteiger partial charge in [-0.05, 0) is 0 Å². The average Bonchev–Trinajstić information content (AvgIpc) is 2.03. The quantitative estimate of drug-likeness (QED) is 0.638. The van der Waals surface area contributed by atoms with Crippen LogP contribution in [0, 0.1) is 0 Å². The van der Waals surface area contributed by atoms with Crippen LogP contribution < -0.4 is 5.32 Å². The molecular weight excluding hydrogens is 146 g/mol. The molecule has 2 N–H and O–H groups in total. The number of amides is 1. The van der Waals surface area contributed by atoms with Crippen LogP contribution in [-0.4, -0.2) is 21.2 Å². The molecule has 58 valence electrons. The standard InChI is InChI=1S/C6H7N3O2/c10-6(11)9-4-5-3-7-1-2-8-5/h1-3,9H,4H2,(H,10,11). The molecule has 0 fully saturated rings. The van der Waals surface area contributed by atoms with Gasteiger partial charge in [-0.25, -0.2) is 4.79 Å². The summed E-state index contributed by atoms with van der Waals surface area (Å²) < 4.78 is 0. The molecule has 11 heavy (non-hydrogen) atoms. The minimum absolute atomic E-state index is 0.198. The smallest absolute Gasteiger partial charge is 0.404 e. The minimum Gasteiger partial charge on any atom is -0.465 e. The number of hydrogen-bond donors (Lipinski definition) is 2. The molecule has 1 aromatic heterocycles. The van der Waals surface area contributed by atoms with Crippen molar-refractivity contribution >= 4 is 6.09 Å². The van der Waals surface area contributed by atoms with E-state index in [-0.39, 0.29) is 6.54 Å². The zero-order chi connectivity index (χ0) is 8.10. The normalized spacial score (nSPS) is 9.09. The van der Waals surface area contributed by atoms with Crippen LogP contribution in [0.2, 0.25) is 0 Å². The minimum atomic E-state index is -1.06. The first kappa shape index (κ1) is 7.46. The van der Waals surface area contributed by atoms with Crippen LogP contribution in [0.25, 0.3) is 0 Å². The molecule has 0 saturated carbocycles. The topological polar surface area (TPSA) is 75.1 Å². The summed E-state index contributed by atoms with van der Waals surface area (Å²) in [5.74, 6) is 0. The van der Waals surface area contributed by atoms with Crippen LogP contribution in [0.4, 0.5) is 4.79 Å². The van der Waals surface area contributed by atoms with E-state index in [2.05, 4.69) is 15.3 Å². The number of carboxylic acid groups (broad SMARTS) is 1. The third-order valence-electron chi connectivity index (χ3n) is 1.04. The summed E-state index contributed by atoms with van der Waals surface area (Å²) in [6.07, 6.45) is 3.50. The lowest BCUT2D eigenvalue weighted by Gasteiger charge is -1.97. The van der Waals surface area contributed by atoms with Crippen molar-refractivity contribution in [2.75, 3.05) is 0 Å². The Kier molecular flexibility index (Phi) is 2.37. The lowest BCUT2D eigenvalue weighted by Crippen LogP contribution is -2.20. The van der Waals surface area contributed by atoms with Crippen LogP contribution in [0.5, 0.6) is 0 Å². The van der Waals surface area contributed by atoms with Gasteiger partial charge in [-0.15, -0.1) is 0 Å². The first-order valence-electron chi connectivity index (χ1n) is 3.01. The molecule has 0 bridgehead atoms. The number of hydrogen-bond acceptors (Lipinski definition) is 3. The molecule has 1 rings (SSSR count). The molecule has 0 aliphatic carbocycles. The summed E-state index contributed by atoms with van der Waals surface area (Å²) in [4.78, 5) is 17.6. The van der Waals surface area contributed by atoms with Gasteiger partial charge < -0.3 is 10.4 Å². The van der Waals surface area contributed by atoms with Gasteiger partial charge in [-0.2, -0.15) is 0 Å². The Bertz CT molecular complexity index is 237. The molecule has 5 nitrogen and oxygen atoms in total. The first-order chi connectivity index (χ1) is 5.29. The number of rotatable bonds is 2. The fraction of sp³-hybridized carbons (Fsp3) is 0.167. The van der Waals surface area contributed by atoms with Crippen molar-refractivity contribution in [3.8, 4) is 0 Å². The zero-order valence-electron chi connectivity index (χ0n) is 5.69. The molecular formula is C6H7N3O2. The van der Waals surface area contributed by atoms with Gasteiger partial charge in [-0.3, -0.25) is 9.97 Å². The van der Waals surface area contributed by atoms with E-state index < -0.39 is 6.09 Å². The second kappa shape index (κ2) is 3.50. The van der Waals surface area contributed by atoms with E-state index in [4.69, 9.17) is 5.11 Å². The van der Waals surface area contributed by atoms with E-state index in [9.17, 15) is 4.79 Å². The largest absolute Gasteiger partial charge is 0.465 e. The van der Waals surface area contributed by atoms with Crippen molar-refractivity contribution in [2.45, 2.75) is 6.54 Å². The van der Waals surface area contributed by atoms with Gasteiger partial charge in [0, 0.05) is 12.4 Å². The lowest BCUT2D eigenvalue weighted by molar-refractivity contribution is 0.194. The van der Waals surface area contributed by atoms with Crippen molar-refractivity contribution < 1.29 is 9.90 Å². The molecule has 0 saturated heterocycles. The molecule has 1 aromatic rings. The number of nitrogens with one attached hydrogen (secondary N) is 1. The molecule has 5 heteroatoms. The highest BCUT2D eigenvalue weighted by Gasteiger charge is 1.95. The van der Waals surface area contributed by atoms with E-state index in [1.807, 2.05) is 0 Å². The SMILES string of the molecule is O=C(O)NCc1cnccn1. The third kappa shape index (κ3) is 2.61.